The summed E-state index contributed by atoms with van der Waals surface area (Å²) in [4.78, 5) is 12.4. The van der Waals surface area contributed by atoms with Gasteiger partial charge in [0.15, 0.2) is 0 Å². The van der Waals surface area contributed by atoms with Gasteiger partial charge in [-0.15, -0.1) is 5.10 Å². The van der Waals surface area contributed by atoms with Crippen molar-refractivity contribution in [2.24, 2.45) is 11.1 Å². The van der Waals surface area contributed by atoms with E-state index < -0.39 is 5.41 Å². The Kier molecular flexibility index (Phi) is 3.96. The maximum atomic E-state index is 12.4. The highest BCUT2D eigenvalue weighted by Gasteiger charge is 2.37. The van der Waals surface area contributed by atoms with E-state index in [9.17, 15) is 4.79 Å². The third kappa shape index (κ3) is 2.69. The van der Waals surface area contributed by atoms with Crippen molar-refractivity contribution in [2.45, 2.75) is 45.4 Å². The van der Waals surface area contributed by atoms with Gasteiger partial charge in [-0.2, -0.15) is 0 Å². The van der Waals surface area contributed by atoms with E-state index in [1.165, 1.54) is 12.8 Å². The molecule has 0 aromatic carbocycles. The molecule has 0 saturated heterocycles. The zero-order valence-electron chi connectivity index (χ0n) is 10.7. The Bertz CT molecular complexity index is 408. The smallest absolute Gasteiger partial charge is 0.322 e. The lowest BCUT2D eigenvalue weighted by molar-refractivity contribution is -0.126. The van der Waals surface area contributed by atoms with Gasteiger partial charge in [0.2, 0.25) is 11.8 Å². The minimum atomic E-state index is -0.473. The fourth-order valence-corrected chi connectivity index (χ4v) is 2.51. The van der Waals surface area contributed by atoms with Crippen LogP contribution in [0, 0.1) is 12.3 Å². The second kappa shape index (κ2) is 5.48. The number of aromatic nitrogens is 2. The number of nitrogens with zero attached hydrogens (tertiary/aromatic N) is 2. The molecular formula is C12H20N4O2. The van der Waals surface area contributed by atoms with Crippen molar-refractivity contribution < 1.29 is 9.21 Å². The van der Waals surface area contributed by atoms with Gasteiger partial charge in [-0.05, 0) is 12.8 Å². The van der Waals surface area contributed by atoms with Crippen LogP contribution < -0.4 is 11.1 Å². The molecule has 18 heavy (non-hydrogen) atoms. The summed E-state index contributed by atoms with van der Waals surface area (Å²) in [5.74, 6) is 0.350. The number of carbonyl (C=O) groups excluding carboxylic acids is 1. The predicted octanol–water partition coefficient (Wildman–Crippen LogP) is 1.62. The second-order valence-corrected chi connectivity index (χ2v) is 4.98. The van der Waals surface area contributed by atoms with E-state index in [1.54, 1.807) is 6.92 Å². The van der Waals surface area contributed by atoms with E-state index >= 15 is 0 Å². The van der Waals surface area contributed by atoms with Crippen LogP contribution in [0.5, 0.6) is 0 Å². The number of nitrogens with one attached hydrogen (secondary N) is 1. The van der Waals surface area contributed by atoms with Gasteiger partial charge >= 0.3 is 6.01 Å². The van der Waals surface area contributed by atoms with Crippen LogP contribution in [0.3, 0.4) is 0 Å². The lowest BCUT2D eigenvalue weighted by Gasteiger charge is -2.28. The van der Waals surface area contributed by atoms with Crippen molar-refractivity contribution in [1.29, 1.82) is 0 Å². The summed E-state index contributed by atoms with van der Waals surface area (Å²) in [6.45, 7) is 2.05. The Hall–Kier alpha value is -1.43. The summed E-state index contributed by atoms with van der Waals surface area (Å²) in [7, 11) is 0. The standard InChI is InChI=1S/C12H20N4O2/c1-9-15-16-11(18-9)14-10(17)12(8-13)6-4-2-3-5-7-12/h2-8,13H2,1H3,(H,14,16,17). The maximum Gasteiger partial charge on any atom is 0.322 e. The first-order valence-electron chi connectivity index (χ1n) is 6.48. The first kappa shape index (κ1) is 13.0. The molecule has 0 spiro atoms. The molecule has 0 atom stereocenters. The molecule has 6 heteroatoms. The molecule has 1 aromatic heterocycles. The average molecular weight is 252 g/mol. The summed E-state index contributed by atoms with van der Waals surface area (Å²) in [6.07, 6.45) is 6.12. The molecule has 6 nitrogen and oxygen atoms in total. The van der Waals surface area contributed by atoms with Crippen molar-refractivity contribution in [3.63, 3.8) is 0 Å². The van der Waals surface area contributed by atoms with E-state index in [2.05, 4.69) is 15.5 Å². The Morgan fingerprint density at radius 1 is 1.33 bits per heavy atom. The number of hydrogen-bond donors (Lipinski definition) is 2. The zero-order chi connectivity index (χ0) is 13.0. The molecule has 1 fully saturated rings. The van der Waals surface area contributed by atoms with Gasteiger partial charge in [0.1, 0.15) is 0 Å². The highest BCUT2D eigenvalue weighted by Crippen LogP contribution is 2.35. The number of aryl methyl sites for hydroxylation is 1. The summed E-state index contributed by atoms with van der Waals surface area (Å²) >= 11 is 0. The molecule has 0 unspecified atom stereocenters. The van der Waals surface area contributed by atoms with Crippen LogP contribution >= 0.6 is 0 Å². The molecule has 3 N–H and O–H groups in total. The van der Waals surface area contributed by atoms with Gasteiger partial charge in [-0.25, -0.2) is 0 Å². The van der Waals surface area contributed by atoms with Gasteiger partial charge in [-0.1, -0.05) is 30.8 Å². The van der Waals surface area contributed by atoms with Gasteiger partial charge in [0.25, 0.3) is 0 Å². The molecule has 1 aromatic rings. The normalized spacial score (nSPS) is 19.2. The molecule has 1 aliphatic carbocycles. The van der Waals surface area contributed by atoms with E-state index in [1.807, 2.05) is 0 Å². The number of amides is 1. The third-order valence-corrected chi connectivity index (χ3v) is 3.68. The number of anilines is 1. The maximum absolute atomic E-state index is 12.4. The molecule has 100 valence electrons. The Balaban J connectivity index is 2.08. The van der Waals surface area contributed by atoms with Gasteiger partial charge < -0.3 is 10.2 Å². The monoisotopic (exact) mass is 252 g/mol. The van der Waals surface area contributed by atoms with Crippen molar-refractivity contribution >= 4 is 11.9 Å². The van der Waals surface area contributed by atoms with Gasteiger partial charge in [-0.3, -0.25) is 10.1 Å². The molecule has 1 heterocycles. The fourth-order valence-electron chi connectivity index (χ4n) is 2.51. The van der Waals surface area contributed by atoms with Crippen molar-refractivity contribution in [3.8, 4) is 0 Å². The minimum absolute atomic E-state index is 0.0875. The Morgan fingerprint density at radius 3 is 2.50 bits per heavy atom. The molecule has 1 amide bonds. The van der Waals surface area contributed by atoms with Crippen molar-refractivity contribution in [2.75, 3.05) is 11.9 Å². The summed E-state index contributed by atoms with van der Waals surface area (Å²) in [5, 5.41) is 10.2. The second-order valence-electron chi connectivity index (χ2n) is 4.98. The van der Waals surface area contributed by atoms with E-state index in [0.717, 1.165) is 25.7 Å². The largest absolute Gasteiger partial charge is 0.408 e. The van der Waals surface area contributed by atoms with Crippen LogP contribution in [0.15, 0.2) is 4.42 Å². The molecule has 1 aliphatic rings. The van der Waals surface area contributed by atoms with Gasteiger partial charge in [0, 0.05) is 13.5 Å². The molecule has 1 saturated carbocycles. The fraction of sp³-hybridized carbons (Fsp3) is 0.750. The SMILES string of the molecule is Cc1nnc(NC(=O)C2(CN)CCCCCC2)o1. The quantitative estimate of drug-likeness (QED) is 0.797. The van der Waals surface area contributed by atoms with E-state index in [0.29, 0.717) is 12.4 Å². The van der Waals surface area contributed by atoms with Gasteiger partial charge in [0.05, 0.1) is 5.41 Å². The molecule has 0 bridgehead atoms. The molecule has 0 aliphatic heterocycles. The van der Waals surface area contributed by atoms with Crippen LogP contribution in [-0.2, 0) is 4.79 Å². The zero-order valence-corrected chi connectivity index (χ0v) is 10.7. The highest BCUT2D eigenvalue weighted by atomic mass is 16.4. The Morgan fingerprint density at radius 2 is 2.00 bits per heavy atom. The van der Waals surface area contributed by atoms with Crippen LogP contribution in [0.25, 0.3) is 0 Å². The number of nitrogens with two attached hydrogens (primary N) is 1. The van der Waals surface area contributed by atoms with Crippen LogP contribution in [-0.4, -0.2) is 22.6 Å². The molecular weight excluding hydrogens is 232 g/mol. The number of carbonyl (C=O) groups is 1. The van der Waals surface area contributed by atoms with E-state index in [4.69, 9.17) is 10.2 Å². The minimum Gasteiger partial charge on any atom is -0.408 e. The van der Waals surface area contributed by atoms with Crippen LogP contribution in [0.2, 0.25) is 0 Å². The molecule has 0 radical (unpaired) electrons. The number of hydrogen-bond acceptors (Lipinski definition) is 5. The van der Waals surface area contributed by atoms with E-state index in [-0.39, 0.29) is 11.9 Å². The lowest BCUT2D eigenvalue weighted by atomic mass is 9.79. The first-order chi connectivity index (χ1) is 8.66. The Labute approximate surface area is 106 Å². The summed E-state index contributed by atoms with van der Waals surface area (Å²) in [5.41, 5.74) is 5.37. The van der Waals surface area contributed by atoms with Crippen LogP contribution in [0.4, 0.5) is 6.01 Å². The molecule has 2 rings (SSSR count). The summed E-state index contributed by atoms with van der Waals surface area (Å²) in [6, 6.07) is 0.162. The predicted molar refractivity (Wildman–Crippen MR) is 66.9 cm³/mol. The van der Waals surface area contributed by atoms with Crippen molar-refractivity contribution in [1.82, 2.24) is 10.2 Å². The number of rotatable bonds is 3. The first-order valence-corrected chi connectivity index (χ1v) is 6.48. The third-order valence-electron chi connectivity index (χ3n) is 3.68. The average Bonchev–Trinajstić information content (AvgIpc) is 2.65. The van der Waals surface area contributed by atoms with Crippen molar-refractivity contribution in [3.05, 3.63) is 5.89 Å². The highest BCUT2D eigenvalue weighted by molar-refractivity contribution is 5.93. The van der Waals surface area contributed by atoms with Crippen LogP contribution in [0.1, 0.15) is 44.4 Å². The topological polar surface area (TPSA) is 94.0 Å². The lowest BCUT2D eigenvalue weighted by Crippen LogP contribution is -2.42. The summed E-state index contributed by atoms with van der Waals surface area (Å²) < 4.78 is 5.17.